The number of aromatic nitrogens is 2. The number of aliphatic hydroxyl groups excluding tert-OH is 2. The Bertz CT molecular complexity index is 1300. The molecule has 1 amide bonds. The van der Waals surface area contributed by atoms with Crippen molar-refractivity contribution in [2.75, 3.05) is 12.3 Å². The Balaban J connectivity index is 1.98. The normalized spacial score (nSPS) is 12.4. The van der Waals surface area contributed by atoms with Crippen molar-refractivity contribution in [3.8, 4) is 11.5 Å². The van der Waals surface area contributed by atoms with Crippen molar-refractivity contribution in [3.05, 3.63) is 86.3 Å². The van der Waals surface area contributed by atoms with Gasteiger partial charge in [-0.1, -0.05) is 41.4 Å². The highest BCUT2D eigenvalue weighted by molar-refractivity contribution is 8.02. The Hall–Kier alpha value is -2.95. The smallest absolute Gasteiger partial charge is 0.214 e. The van der Waals surface area contributed by atoms with Crippen LogP contribution >= 0.6 is 34.6 Å². The number of para-hydroxylation sites is 2. The number of halogens is 2. The van der Waals surface area contributed by atoms with Crippen LogP contribution in [0.3, 0.4) is 0 Å². The number of hydrogen-bond acceptors (Lipinski definition) is 6. The Morgan fingerprint density at radius 3 is 2.53 bits per heavy atom. The zero-order chi connectivity index (χ0) is 26.2. The van der Waals surface area contributed by atoms with Gasteiger partial charge in [0.05, 0.1) is 22.2 Å². The van der Waals surface area contributed by atoms with Crippen LogP contribution in [0.25, 0.3) is 0 Å². The number of ether oxygens (including phenoxy) is 1. The fourth-order valence-corrected chi connectivity index (χ4v) is 4.80. The van der Waals surface area contributed by atoms with E-state index in [0.29, 0.717) is 61.1 Å². The molecule has 2 aromatic carbocycles. The molecule has 0 aliphatic heterocycles. The summed E-state index contributed by atoms with van der Waals surface area (Å²) in [6.45, 7) is 3.41. The van der Waals surface area contributed by atoms with E-state index >= 15 is 0 Å². The van der Waals surface area contributed by atoms with Crippen molar-refractivity contribution in [2.45, 2.75) is 26.8 Å². The summed E-state index contributed by atoms with van der Waals surface area (Å²) in [6.07, 6.45) is 2.46. The molecule has 0 aliphatic carbocycles. The predicted octanol–water partition coefficient (Wildman–Crippen LogP) is 5.24. The molecule has 4 N–H and O–H groups in total. The Morgan fingerprint density at radius 1 is 1.19 bits per heavy atom. The maximum atomic E-state index is 11.9. The van der Waals surface area contributed by atoms with Crippen molar-refractivity contribution in [3.63, 3.8) is 0 Å². The molecule has 3 aromatic rings. The van der Waals surface area contributed by atoms with E-state index in [9.17, 15) is 15.0 Å². The van der Waals surface area contributed by atoms with Crippen LogP contribution < -0.4 is 10.5 Å². The quantitative estimate of drug-likeness (QED) is 0.155. The SMILES string of the molecule is C/C(=C(CCO)/[SH]=C(\O)c1ccccc1Oc1c(Cl)cccc1Cl)N(C=O)Cc1cnc(C)nc1N. The molecule has 0 saturated carbocycles. The van der Waals surface area contributed by atoms with Crippen LogP contribution in [0.2, 0.25) is 10.0 Å². The number of hydrogen-bond donors (Lipinski definition) is 4. The molecule has 1 heterocycles. The van der Waals surface area contributed by atoms with Crippen LogP contribution in [0.5, 0.6) is 11.5 Å². The van der Waals surface area contributed by atoms with Crippen LogP contribution in [0, 0.1) is 6.92 Å². The van der Waals surface area contributed by atoms with Crippen molar-refractivity contribution >= 4 is 51.8 Å². The minimum Gasteiger partial charge on any atom is -0.453 e. The lowest BCUT2D eigenvalue weighted by Gasteiger charge is -2.22. The first-order valence-electron chi connectivity index (χ1n) is 10.8. The van der Waals surface area contributed by atoms with E-state index in [1.807, 2.05) is 0 Å². The van der Waals surface area contributed by atoms with Gasteiger partial charge in [-0.3, -0.25) is 4.79 Å². The third-order valence-electron chi connectivity index (χ3n) is 5.18. The van der Waals surface area contributed by atoms with Gasteiger partial charge in [-0.25, -0.2) is 9.97 Å². The second-order valence-corrected chi connectivity index (χ2v) is 9.65. The van der Waals surface area contributed by atoms with Gasteiger partial charge in [-0.2, -0.15) is 0 Å². The van der Waals surface area contributed by atoms with E-state index in [1.165, 1.54) is 4.90 Å². The Morgan fingerprint density at radius 2 is 1.89 bits per heavy atom. The fraction of sp³-hybridized carbons (Fsp3) is 0.200. The lowest BCUT2D eigenvalue weighted by atomic mass is 10.2. The molecule has 11 heteroatoms. The van der Waals surface area contributed by atoms with Crippen LogP contribution in [-0.4, -0.2) is 43.1 Å². The second-order valence-electron chi connectivity index (χ2n) is 7.65. The number of anilines is 1. The molecule has 190 valence electrons. The Kier molecular flexibility index (Phi) is 9.86. The monoisotopic (exact) mass is 548 g/mol. The number of aryl methyl sites for hydroxylation is 1. The molecule has 0 radical (unpaired) electrons. The molecule has 0 bridgehead atoms. The van der Waals surface area contributed by atoms with E-state index in [1.54, 1.807) is 62.5 Å². The molecule has 0 unspecified atom stereocenters. The highest BCUT2D eigenvalue weighted by Gasteiger charge is 2.16. The topological polar surface area (TPSA) is 122 Å². The summed E-state index contributed by atoms with van der Waals surface area (Å²) < 4.78 is 5.96. The molecule has 36 heavy (non-hydrogen) atoms. The summed E-state index contributed by atoms with van der Waals surface area (Å²) in [5.74, 6) is 1.42. The average molecular weight is 549 g/mol. The van der Waals surface area contributed by atoms with Crippen LogP contribution in [0.4, 0.5) is 5.82 Å². The zero-order valence-electron chi connectivity index (χ0n) is 19.7. The van der Waals surface area contributed by atoms with Crippen LogP contribution in [0.15, 0.2) is 59.3 Å². The number of benzene rings is 2. The first-order valence-corrected chi connectivity index (χ1v) is 12.5. The van der Waals surface area contributed by atoms with E-state index in [0.717, 1.165) is 0 Å². The number of nitrogens with zero attached hydrogens (tertiary/aromatic N) is 3. The van der Waals surface area contributed by atoms with Gasteiger partial charge in [0.25, 0.3) is 0 Å². The van der Waals surface area contributed by atoms with Crippen LogP contribution in [-0.2, 0) is 11.3 Å². The molecule has 1 aromatic heterocycles. The third-order valence-corrected chi connectivity index (χ3v) is 7.05. The van der Waals surface area contributed by atoms with Crippen molar-refractivity contribution in [1.29, 1.82) is 0 Å². The number of carbonyl (C=O) groups excluding carboxylic acids is 1. The van der Waals surface area contributed by atoms with Crippen molar-refractivity contribution in [2.24, 2.45) is 0 Å². The van der Waals surface area contributed by atoms with Gasteiger partial charge in [0.2, 0.25) is 6.41 Å². The molecule has 0 atom stereocenters. The van der Waals surface area contributed by atoms with E-state index < -0.39 is 0 Å². The number of nitrogens with two attached hydrogens (primary N) is 1. The van der Waals surface area contributed by atoms with Gasteiger partial charge in [-0.05, 0) is 38.1 Å². The van der Waals surface area contributed by atoms with Gasteiger partial charge in [0, 0.05) is 35.4 Å². The van der Waals surface area contributed by atoms with Crippen molar-refractivity contribution in [1.82, 2.24) is 14.9 Å². The van der Waals surface area contributed by atoms with Crippen LogP contribution in [0.1, 0.15) is 30.3 Å². The summed E-state index contributed by atoms with van der Waals surface area (Å²) in [5.41, 5.74) is 7.53. The summed E-state index contributed by atoms with van der Waals surface area (Å²) in [7, 11) is 0. The predicted molar refractivity (Wildman–Crippen MR) is 146 cm³/mol. The lowest BCUT2D eigenvalue weighted by molar-refractivity contribution is -0.116. The number of carbonyl (C=O) groups is 1. The minimum absolute atomic E-state index is 0.0411. The van der Waals surface area contributed by atoms with E-state index in [2.05, 4.69) is 9.97 Å². The molecule has 0 saturated heterocycles. The van der Waals surface area contributed by atoms with Gasteiger partial charge in [-0.15, -0.1) is 11.4 Å². The van der Waals surface area contributed by atoms with Gasteiger partial charge in [0.15, 0.2) is 5.75 Å². The summed E-state index contributed by atoms with van der Waals surface area (Å²) in [5, 5.41) is 21.4. The molecule has 0 spiro atoms. The minimum atomic E-state index is -0.178. The molecule has 0 fully saturated rings. The second kappa shape index (κ2) is 12.8. The van der Waals surface area contributed by atoms with Gasteiger partial charge >= 0.3 is 0 Å². The lowest BCUT2D eigenvalue weighted by Crippen LogP contribution is -2.22. The summed E-state index contributed by atoms with van der Waals surface area (Å²) >= 11 is 12.9. The standard InChI is InChI=1S/C25H26Cl2N4O4S/c1-15(31(14-33)13-17-12-29-16(2)30-24(17)28)22(10-11-32)36-25(34)18-6-3-4-9-21(18)35-23-19(26)7-5-8-20(23)27/h3-9,12,14,32,34,36H,10-11,13H2,1-2H3,(H2,28,29,30)/b22-15-. The first kappa shape index (κ1) is 27.6. The number of thiol groups is 1. The molecule has 0 aliphatic rings. The Labute approximate surface area is 222 Å². The highest BCUT2D eigenvalue weighted by atomic mass is 35.5. The number of nitrogen functional groups attached to an aromatic ring is 1. The summed E-state index contributed by atoms with van der Waals surface area (Å²) in [6, 6.07) is 11.9. The molecular weight excluding hydrogens is 523 g/mol. The first-order chi connectivity index (χ1) is 17.2. The summed E-state index contributed by atoms with van der Waals surface area (Å²) in [4.78, 5) is 22.3. The van der Waals surface area contributed by atoms with Gasteiger partial charge in [0.1, 0.15) is 22.4 Å². The average Bonchev–Trinajstić information content (AvgIpc) is 2.85. The largest absolute Gasteiger partial charge is 0.453 e. The third kappa shape index (κ3) is 6.83. The highest BCUT2D eigenvalue weighted by Crippen LogP contribution is 2.37. The maximum Gasteiger partial charge on any atom is 0.214 e. The molecular formula is C25H26Cl2N4O4S. The molecule has 8 nitrogen and oxygen atoms in total. The fourth-order valence-electron chi connectivity index (χ4n) is 3.26. The van der Waals surface area contributed by atoms with Gasteiger partial charge < -0.3 is 25.6 Å². The van der Waals surface area contributed by atoms with E-state index in [4.69, 9.17) is 33.7 Å². The number of amides is 1. The zero-order valence-corrected chi connectivity index (χ0v) is 22.1. The van der Waals surface area contributed by atoms with Crippen molar-refractivity contribution < 1.29 is 19.7 Å². The maximum absolute atomic E-state index is 11.9. The number of aliphatic hydroxyl groups is 2. The van der Waals surface area contributed by atoms with E-state index in [-0.39, 0.29) is 36.2 Å². The molecule has 3 rings (SSSR count). The number of allylic oxidation sites excluding steroid dienone is 1. The number of rotatable bonds is 10.